The first-order valence-corrected chi connectivity index (χ1v) is 6.23. The van der Waals surface area contributed by atoms with Crippen LogP contribution in [0.1, 0.15) is 11.1 Å². The molecule has 4 heteroatoms. The van der Waals surface area contributed by atoms with Crippen molar-refractivity contribution in [1.29, 1.82) is 0 Å². The SMILES string of the molecule is COC(=O)C(Br)Cc1cccc(Br)c1C. The van der Waals surface area contributed by atoms with Gasteiger partial charge in [-0.2, -0.15) is 0 Å². The van der Waals surface area contributed by atoms with Crippen LogP contribution in [0.3, 0.4) is 0 Å². The monoisotopic (exact) mass is 334 g/mol. The average molecular weight is 336 g/mol. The van der Waals surface area contributed by atoms with Gasteiger partial charge in [0.05, 0.1) is 7.11 Å². The molecule has 1 aromatic rings. The van der Waals surface area contributed by atoms with Crippen molar-refractivity contribution in [2.75, 3.05) is 7.11 Å². The highest BCUT2D eigenvalue weighted by Crippen LogP contribution is 2.22. The van der Waals surface area contributed by atoms with E-state index in [1.165, 1.54) is 7.11 Å². The second kappa shape index (κ2) is 5.66. The van der Waals surface area contributed by atoms with Gasteiger partial charge in [-0.15, -0.1) is 0 Å². The molecule has 0 aliphatic carbocycles. The third kappa shape index (κ3) is 3.31. The van der Waals surface area contributed by atoms with Crippen molar-refractivity contribution in [2.24, 2.45) is 0 Å². The van der Waals surface area contributed by atoms with Crippen molar-refractivity contribution < 1.29 is 9.53 Å². The van der Waals surface area contributed by atoms with Crippen LogP contribution in [0.25, 0.3) is 0 Å². The molecule has 0 saturated carbocycles. The molecule has 0 fully saturated rings. The zero-order valence-electron chi connectivity index (χ0n) is 8.59. The van der Waals surface area contributed by atoms with Gasteiger partial charge in [0.1, 0.15) is 4.83 Å². The number of benzene rings is 1. The molecule has 1 atom stereocenters. The lowest BCUT2D eigenvalue weighted by Crippen LogP contribution is -2.18. The summed E-state index contributed by atoms with van der Waals surface area (Å²) in [5.74, 6) is -0.241. The van der Waals surface area contributed by atoms with E-state index in [0.717, 1.165) is 15.6 Å². The van der Waals surface area contributed by atoms with E-state index in [4.69, 9.17) is 0 Å². The summed E-state index contributed by atoms with van der Waals surface area (Å²) in [6.07, 6.45) is 0.637. The Morgan fingerprint density at radius 2 is 2.20 bits per heavy atom. The Balaban J connectivity index is 2.81. The van der Waals surface area contributed by atoms with Gasteiger partial charge in [-0.25, -0.2) is 0 Å². The number of rotatable bonds is 3. The minimum absolute atomic E-state index is 0.241. The molecule has 0 amide bonds. The van der Waals surface area contributed by atoms with Crippen LogP contribution >= 0.6 is 31.9 Å². The fraction of sp³-hybridized carbons (Fsp3) is 0.364. The Labute approximate surface area is 106 Å². The molecule has 82 valence electrons. The van der Waals surface area contributed by atoms with Gasteiger partial charge in [0.2, 0.25) is 0 Å². The number of carbonyl (C=O) groups excluding carboxylic acids is 1. The maximum atomic E-state index is 11.2. The average Bonchev–Trinajstić information content (AvgIpc) is 2.23. The van der Waals surface area contributed by atoms with Gasteiger partial charge in [-0.05, 0) is 30.5 Å². The molecule has 2 nitrogen and oxygen atoms in total. The van der Waals surface area contributed by atoms with E-state index < -0.39 is 0 Å². The van der Waals surface area contributed by atoms with E-state index in [1.54, 1.807) is 0 Å². The van der Waals surface area contributed by atoms with Crippen LogP contribution in [0, 0.1) is 6.92 Å². The van der Waals surface area contributed by atoms with E-state index in [0.29, 0.717) is 6.42 Å². The van der Waals surface area contributed by atoms with Crippen molar-refractivity contribution in [2.45, 2.75) is 18.2 Å². The van der Waals surface area contributed by atoms with Gasteiger partial charge < -0.3 is 4.74 Å². The molecule has 1 aromatic carbocycles. The highest BCUT2D eigenvalue weighted by Gasteiger charge is 2.16. The lowest BCUT2D eigenvalue weighted by atomic mass is 10.0. The molecule has 0 aromatic heterocycles. The summed E-state index contributed by atoms with van der Waals surface area (Å²) in [6, 6.07) is 5.96. The summed E-state index contributed by atoms with van der Waals surface area (Å²) in [5.41, 5.74) is 2.29. The molecule has 15 heavy (non-hydrogen) atoms. The third-order valence-corrected chi connectivity index (χ3v) is 3.79. The fourth-order valence-electron chi connectivity index (χ4n) is 1.28. The van der Waals surface area contributed by atoms with Gasteiger partial charge in [0, 0.05) is 4.47 Å². The molecule has 0 heterocycles. The Kier molecular flexibility index (Phi) is 4.80. The molecule has 0 saturated heterocycles. The zero-order chi connectivity index (χ0) is 11.4. The van der Waals surface area contributed by atoms with Crippen molar-refractivity contribution >= 4 is 37.8 Å². The predicted molar refractivity (Wildman–Crippen MR) is 67.3 cm³/mol. The van der Waals surface area contributed by atoms with Crippen LogP contribution < -0.4 is 0 Å². The molecular formula is C11H12Br2O2. The molecule has 1 rings (SSSR count). The summed E-state index contributed by atoms with van der Waals surface area (Å²) >= 11 is 6.77. The first kappa shape index (κ1) is 12.7. The van der Waals surface area contributed by atoms with Gasteiger partial charge in [0.15, 0.2) is 0 Å². The van der Waals surface area contributed by atoms with Crippen molar-refractivity contribution in [1.82, 2.24) is 0 Å². The molecular weight excluding hydrogens is 324 g/mol. The lowest BCUT2D eigenvalue weighted by Gasteiger charge is -2.10. The van der Waals surface area contributed by atoms with Gasteiger partial charge in [-0.3, -0.25) is 4.79 Å². The molecule has 0 N–H and O–H groups in total. The van der Waals surface area contributed by atoms with E-state index in [1.807, 2.05) is 25.1 Å². The van der Waals surface area contributed by atoms with Crippen molar-refractivity contribution in [3.05, 3.63) is 33.8 Å². The summed E-state index contributed by atoms with van der Waals surface area (Å²) < 4.78 is 5.72. The number of carbonyl (C=O) groups is 1. The maximum Gasteiger partial charge on any atom is 0.319 e. The predicted octanol–water partition coefficient (Wildman–Crippen LogP) is 3.24. The molecule has 0 spiro atoms. The van der Waals surface area contributed by atoms with Crippen LogP contribution in [0.2, 0.25) is 0 Å². The Bertz CT molecular complexity index is 364. The normalized spacial score (nSPS) is 12.3. The number of methoxy groups -OCH3 is 1. The zero-order valence-corrected chi connectivity index (χ0v) is 11.8. The van der Waals surface area contributed by atoms with Gasteiger partial charge in [0.25, 0.3) is 0 Å². The Hall–Kier alpha value is -0.350. The standard InChI is InChI=1S/C11H12Br2O2/c1-7-8(4-3-5-9(7)12)6-10(13)11(14)15-2/h3-5,10H,6H2,1-2H3. The molecule has 0 radical (unpaired) electrons. The first-order chi connectivity index (χ1) is 7.06. The lowest BCUT2D eigenvalue weighted by molar-refractivity contribution is -0.139. The van der Waals surface area contributed by atoms with E-state index in [-0.39, 0.29) is 10.8 Å². The smallest absolute Gasteiger partial charge is 0.319 e. The van der Waals surface area contributed by atoms with Gasteiger partial charge >= 0.3 is 5.97 Å². The number of esters is 1. The quantitative estimate of drug-likeness (QED) is 0.626. The van der Waals surface area contributed by atoms with Crippen LogP contribution in [-0.4, -0.2) is 17.9 Å². The third-order valence-electron chi connectivity index (χ3n) is 2.24. The maximum absolute atomic E-state index is 11.2. The topological polar surface area (TPSA) is 26.3 Å². The summed E-state index contributed by atoms with van der Waals surface area (Å²) in [4.78, 5) is 10.9. The van der Waals surface area contributed by atoms with Crippen molar-refractivity contribution in [3.63, 3.8) is 0 Å². The second-order valence-corrected chi connectivity index (χ2v) is 5.18. The summed E-state index contributed by atoms with van der Waals surface area (Å²) in [6.45, 7) is 2.02. The van der Waals surface area contributed by atoms with Crippen LogP contribution in [0.4, 0.5) is 0 Å². The largest absolute Gasteiger partial charge is 0.468 e. The Morgan fingerprint density at radius 1 is 1.53 bits per heavy atom. The fourth-order valence-corrected chi connectivity index (χ4v) is 2.22. The number of alkyl halides is 1. The van der Waals surface area contributed by atoms with E-state index in [2.05, 4.69) is 36.6 Å². The van der Waals surface area contributed by atoms with Crippen LogP contribution in [-0.2, 0) is 16.0 Å². The number of hydrogen-bond donors (Lipinski definition) is 0. The summed E-state index contributed by atoms with van der Waals surface area (Å²) in [7, 11) is 1.39. The van der Waals surface area contributed by atoms with E-state index >= 15 is 0 Å². The van der Waals surface area contributed by atoms with Crippen LogP contribution in [0.5, 0.6) is 0 Å². The number of ether oxygens (including phenoxy) is 1. The highest BCUT2D eigenvalue weighted by molar-refractivity contribution is 9.10. The second-order valence-electron chi connectivity index (χ2n) is 3.22. The minimum Gasteiger partial charge on any atom is -0.468 e. The molecule has 0 bridgehead atoms. The summed E-state index contributed by atoms with van der Waals surface area (Å²) in [5, 5.41) is 0. The molecule has 0 aliphatic heterocycles. The van der Waals surface area contributed by atoms with Crippen LogP contribution in [0.15, 0.2) is 22.7 Å². The number of hydrogen-bond acceptors (Lipinski definition) is 2. The Morgan fingerprint density at radius 3 is 2.80 bits per heavy atom. The van der Waals surface area contributed by atoms with Crippen molar-refractivity contribution in [3.8, 4) is 0 Å². The highest BCUT2D eigenvalue weighted by atomic mass is 79.9. The molecule has 0 aliphatic rings. The van der Waals surface area contributed by atoms with Gasteiger partial charge in [-0.1, -0.05) is 44.0 Å². The first-order valence-electron chi connectivity index (χ1n) is 4.52. The number of halogens is 2. The minimum atomic E-state index is -0.282. The van der Waals surface area contributed by atoms with E-state index in [9.17, 15) is 4.79 Å². The molecule has 1 unspecified atom stereocenters.